The van der Waals surface area contributed by atoms with Gasteiger partial charge in [-0.15, -0.1) is 0 Å². The molecular formula is C8H7ClF3NO. The van der Waals surface area contributed by atoms with E-state index in [9.17, 15) is 13.2 Å². The van der Waals surface area contributed by atoms with Crippen molar-refractivity contribution in [1.82, 2.24) is 0 Å². The van der Waals surface area contributed by atoms with Crippen LogP contribution < -0.4 is 10.5 Å². The summed E-state index contributed by atoms with van der Waals surface area (Å²) < 4.78 is 41.4. The van der Waals surface area contributed by atoms with Gasteiger partial charge in [0.2, 0.25) is 0 Å². The van der Waals surface area contributed by atoms with Gasteiger partial charge in [-0.05, 0) is 12.1 Å². The first-order valence-electron chi connectivity index (χ1n) is 3.63. The second-order valence-electron chi connectivity index (χ2n) is 2.50. The van der Waals surface area contributed by atoms with E-state index < -0.39 is 11.7 Å². The van der Waals surface area contributed by atoms with E-state index in [0.717, 1.165) is 0 Å². The topological polar surface area (TPSA) is 35.2 Å². The summed E-state index contributed by atoms with van der Waals surface area (Å²) in [7, 11) is 0. The van der Waals surface area contributed by atoms with Crippen molar-refractivity contribution in [1.29, 1.82) is 0 Å². The zero-order valence-electron chi connectivity index (χ0n) is 6.88. The predicted octanol–water partition coefficient (Wildman–Crippen LogP) is 2.77. The lowest BCUT2D eigenvalue weighted by Crippen LogP contribution is -2.33. The second-order valence-corrected chi connectivity index (χ2v) is 2.89. The lowest BCUT2D eigenvalue weighted by Gasteiger charge is -2.18. The Kier molecular flexibility index (Phi) is 3.10. The van der Waals surface area contributed by atoms with Gasteiger partial charge in [-0.1, -0.05) is 23.7 Å². The second kappa shape index (κ2) is 3.96. The number of hydrogen-bond donors (Lipinski definition) is 1. The molecular weight excluding hydrogens is 219 g/mol. The first-order chi connectivity index (χ1) is 6.43. The fourth-order valence-corrected chi connectivity index (χ4v) is 0.809. The molecule has 1 rings (SSSR count). The summed E-state index contributed by atoms with van der Waals surface area (Å²) in [4.78, 5) is 0. The molecule has 0 unspecified atom stereocenters. The SMILES string of the molecule is Nc1ccccc1OC(F)(F)[C@H](F)Cl. The number of halogens is 4. The largest absolute Gasteiger partial charge is 0.444 e. The average molecular weight is 226 g/mol. The highest BCUT2D eigenvalue weighted by Crippen LogP contribution is 2.31. The first kappa shape index (κ1) is 11.0. The van der Waals surface area contributed by atoms with Crippen LogP contribution in [0, 0.1) is 0 Å². The number of alkyl halides is 4. The molecule has 0 aliphatic carbocycles. The summed E-state index contributed by atoms with van der Waals surface area (Å²) >= 11 is 4.59. The number of benzene rings is 1. The fourth-order valence-electron chi connectivity index (χ4n) is 0.765. The molecule has 0 fully saturated rings. The van der Waals surface area contributed by atoms with Gasteiger partial charge in [0.15, 0.2) is 0 Å². The van der Waals surface area contributed by atoms with Crippen LogP contribution in [0.2, 0.25) is 0 Å². The van der Waals surface area contributed by atoms with Gasteiger partial charge in [0.05, 0.1) is 5.69 Å². The lowest BCUT2D eigenvalue weighted by molar-refractivity contribution is -0.198. The summed E-state index contributed by atoms with van der Waals surface area (Å²) in [5, 5.41) is 0. The molecule has 78 valence electrons. The van der Waals surface area contributed by atoms with Gasteiger partial charge in [0.1, 0.15) is 5.75 Å². The van der Waals surface area contributed by atoms with Gasteiger partial charge in [0.25, 0.3) is 5.63 Å². The monoisotopic (exact) mass is 225 g/mol. The third-order valence-electron chi connectivity index (χ3n) is 1.42. The van der Waals surface area contributed by atoms with Crippen LogP contribution >= 0.6 is 11.6 Å². The van der Waals surface area contributed by atoms with Crippen LogP contribution in [0.25, 0.3) is 0 Å². The third-order valence-corrected chi connectivity index (χ3v) is 1.67. The Balaban J connectivity index is 2.84. The highest BCUT2D eigenvalue weighted by atomic mass is 35.5. The average Bonchev–Trinajstić information content (AvgIpc) is 2.08. The number of nitrogens with two attached hydrogens (primary N) is 1. The molecule has 0 saturated carbocycles. The van der Waals surface area contributed by atoms with Crippen LogP contribution in [0.3, 0.4) is 0 Å². The van der Waals surface area contributed by atoms with Crippen molar-refractivity contribution in [3.8, 4) is 5.75 Å². The molecule has 0 spiro atoms. The minimum absolute atomic E-state index is 0.00973. The molecule has 1 atom stereocenters. The molecule has 1 aromatic carbocycles. The minimum Gasteiger partial charge on any atom is -0.427 e. The number of hydrogen-bond acceptors (Lipinski definition) is 2. The molecule has 0 radical (unpaired) electrons. The molecule has 6 heteroatoms. The van der Waals surface area contributed by atoms with Gasteiger partial charge < -0.3 is 10.5 Å². The van der Waals surface area contributed by atoms with Crippen LogP contribution in [0.1, 0.15) is 0 Å². The zero-order chi connectivity index (χ0) is 10.8. The molecule has 0 bridgehead atoms. The van der Waals surface area contributed by atoms with Crippen LogP contribution in [-0.2, 0) is 0 Å². The third kappa shape index (κ3) is 2.45. The van der Waals surface area contributed by atoms with Crippen LogP contribution in [0.4, 0.5) is 18.9 Å². The van der Waals surface area contributed by atoms with Gasteiger partial charge in [-0.3, -0.25) is 0 Å². The molecule has 0 aliphatic heterocycles. The number of para-hydroxylation sites is 2. The van der Waals surface area contributed by atoms with Crippen molar-refractivity contribution in [2.45, 2.75) is 11.7 Å². The van der Waals surface area contributed by atoms with E-state index in [1.54, 1.807) is 0 Å². The van der Waals surface area contributed by atoms with Crippen molar-refractivity contribution in [2.75, 3.05) is 5.73 Å². The standard InChI is InChI=1S/C8H7ClF3NO/c9-7(10)8(11,12)14-6-4-2-1-3-5(6)13/h1-4,7H,13H2/t7-/m0/s1. The number of ether oxygens (including phenoxy) is 1. The number of nitrogen functional groups attached to an aromatic ring is 1. The minimum atomic E-state index is -4.09. The number of anilines is 1. The Morgan fingerprint density at radius 3 is 2.43 bits per heavy atom. The zero-order valence-corrected chi connectivity index (χ0v) is 7.64. The highest BCUT2D eigenvalue weighted by molar-refractivity contribution is 6.20. The smallest absolute Gasteiger partial charge is 0.427 e. The quantitative estimate of drug-likeness (QED) is 0.634. The van der Waals surface area contributed by atoms with Gasteiger partial charge in [-0.2, -0.15) is 8.78 Å². The predicted molar refractivity (Wildman–Crippen MR) is 47.2 cm³/mol. The van der Waals surface area contributed by atoms with E-state index in [2.05, 4.69) is 16.3 Å². The van der Waals surface area contributed by atoms with Crippen molar-refractivity contribution >= 4 is 17.3 Å². The van der Waals surface area contributed by atoms with E-state index in [1.165, 1.54) is 24.3 Å². The summed E-state index contributed by atoms with van der Waals surface area (Å²) in [6, 6.07) is 5.52. The van der Waals surface area contributed by atoms with Gasteiger partial charge >= 0.3 is 6.11 Å². The molecule has 14 heavy (non-hydrogen) atoms. The maximum Gasteiger partial charge on any atom is 0.444 e. The molecule has 0 amide bonds. The van der Waals surface area contributed by atoms with E-state index >= 15 is 0 Å². The van der Waals surface area contributed by atoms with Gasteiger partial charge in [-0.25, -0.2) is 4.39 Å². The van der Waals surface area contributed by atoms with Crippen LogP contribution in [0.15, 0.2) is 24.3 Å². The van der Waals surface area contributed by atoms with Gasteiger partial charge in [0, 0.05) is 0 Å². The maximum absolute atomic E-state index is 12.6. The first-order valence-corrected chi connectivity index (χ1v) is 4.06. The Bertz CT molecular complexity index is 319. The van der Waals surface area contributed by atoms with Crippen molar-refractivity contribution in [2.24, 2.45) is 0 Å². The van der Waals surface area contributed by atoms with Crippen molar-refractivity contribution in [3.63, 3.8) is 0 Å². The Hall–Kier alpha value is -1.10. The fraction of sp³-hybridized carbons (Fsp3) is 0.250. The van der Waals surface area contributed by atoms with E-state index in [-0.39, 0.29) is 11.4 Å². The Labute approximate surface area is 83.4 Å². The Morgan fingerprint density at radius 1 is 1.36 bits per heavy atom. The van der Waals surface area contributed by atoms with Crippen LogP contribution in [0.5, 0.6) is 5.75 Å². The summed E-state index contributed by atoms with van der Waals surface area (Å²) in [5.41, 5.74) is 2.38. The van der Waals surface area contributed by atoms with E-state index in [1.807, 2.05) is 0 Å². The molecule has 0 aliphatic rings. The van der Waals surface area contributed by atoms with E-state index in [0.29, 0.717) is 0 Å². The normalized spacial score (nSPS) is 13.7. The molecule has 0 aromatic heterocycles. The summed E-state index contributed by atoms with van der Waals surface area (Å²) in [5.74, 6) is -0.305. The molecule has 2 N–H and O–H groups in total. The summed E-state index contributed by atoms with van der Waals surface area (Å²) in [6.07, 6.45) is -4.09. The lowest BCUT2D eigenvalue weighted by atomic mass is 10.3. The van der Waals surface area contributed by atoms with Crippen LogP contribution in [-0.4, -0.2) is 11.7 Å². The summed E-state index contributed by atoms with van der Waals surface area (Å²) in [6.45, 7) is 0. The molecule has 2 nitrogen and oxygen atoms in total. The molecule has 1 aromatic rings. The molecule has 0 saturated heterocycles. The van der Waals surface area contributed by atoms with Crippen molar-refractivity contribution < 1.29 is 17.9 Å². The molecule has 0 heterocycles. The highest BCUT2D eigenvalue weighted by Gasteiger charge is 2.42. The maximum atomic E-state index is 12.6. The van der Waals surface area contributed by atoms with Crippen molar-refractivity contribution in [3.05, 3.63) is 24.3 Å². The number of rotatable bonds is 3. The Morgan fingerprint density at radius 2 is 1.93 bits per heavy atom. The van der Waals surface area contributed by atoms with E-state index in [4.69, 9.17) is 5.73 Å².